The Morgan fingerprint density at radius 2 is 1.30 bits per heavy atom. The average molecular weight is 1030 g/mol. The van der Waals surface area contributed by atoms with Gasteiger partial charge in [-0.2, -0.15) is 0 Å². The number of halogens is 5. The number of ether oxygens (including phenoxy) is 1. The van der Waals surface area contributed by atoms with E-state index in [0.717, 1.165) is 5.56 Å². The minimum absolute atomic E-state index is 0. The number of aliphatic hydroxyl groups excluding tert-OH is 2. The third-order valence-electron chi connectivity index (χ3n) is 3.77. The molecule has 0 spiro atoms. The molecule has 0 aromatic heterocycles. The first-order valence-corrected chi connectivity index (χ1v) is 27.8. The molecule has 0 heterocycles. The average Bonchev–Trinajstić information content (AvgIpc) is 2.79. The van der Waals surface area contributed by atoms with E-state index < -0.39 is 11.9 Å². The molecule has 2 N–H and O–H groups in total. The third-order valence-corrected chi connectivity index (χ3v) is 3.77. The van der Waals surface area contributed by atoms with Crippen molar-refractivity contribution < 1.29 is 68.8 Å². The van der Waals surface area contributed by atoms with E-state index >= 15 is 0 Å². The third kappa shape index (κ3) is 20.9. The molecule has 0 bridgehead atoms. The standard InChI is InChI=1S/C12H14O3.C9H12O2.B.I3.I2.Na.H/c1-3-15-12(14)11(9(2)13)10-7-5-4-6-8-10;10-6-9(7-11)8-4-2-1-3-5-8;;1-3-2;1-2;;/h4-8,11H,3H2,1-2H3;1-5,9-11H,6-7H2;;;;;/q;;;-1;;+1;-1. The van der Waals surface area contributed by atoms with Crippen LogP contribution in [0, 0.1) is 0 Å². The first-order chi connectivity index (χ1) is 15.0. The second-order valence-electron chi connectivity index (χ2n) is 5.73. The van der Waals surface area contributed by atoms with E-state index in [1.165, 1.54) is 6.92 Å². The van der Waals surface area contributed by atoms with E-state index in [1.54, 1.807) is 31.2 Å². The minimum Gasteiger partial charge on any atom is -1.00 e. The van der Waals surface area contributed by atoms with Gasteiger partial charge in [0.1, 0.15) is 11.7 Å². The Bertz CT molecular complexity index is 704. The first-order valence-electron chi connectivity index (χ1n) is 8.96. The van der Waals surface area contributed by atoms with Gasteiger partial charge in [-0.05, 0) is 25.0 Å². The van der Waals surface area contributed by atoms with Gasteiger partial charge in [0.2, 0.25) is 0 Å². The van der Waals surface area contributed by atoms with Crippen LogP contribution in [0.4, 0.5) is 0 Å². The second-order valence-corrected chi connectivity index (χ2v) is 22.0. The van der Waals surface area contributed by atoms with Crippen LogP contribution in [0.5, 0.6) is 0 Å². The van der Waals surface area contributed by atoms with Crippen LogP contribution in [-0.4, -0.2) is 50.2 Å². The van der Waals surface area contributed by atoms with E-state index in [1.807, 2.05) is 36.4 Å². The zero-order valence-electron chi connectivity index (χ0n) is 19.6. The number of carbonyl (C=O) groups is 2. The largest absolute Gasteiger partial charge is 1.00 e. The fraction of sp³-hybridized carbons (Fsp3) is 0.333. The Balaban J connectivity index is -0.000000132. The number of rotatable bonds is 7. The minimum atomic E-state index is -0.786. The molecule has 0 saturated heterocycles. The zero-order chi connectivity index (χ0) is 24.1. The molecule has 1 unspecified atom stereocenters. The fourth-order valence-electron chi connectivity index (χ4n) is 2.40. The Labute approximate surface area is 276 Å². The van der Waals surface area contributed by atoms with Crippen LogP contribution < -0.4 is 42.8 Å². The molecule has 181 valence electrons. The number of benzene rings is 2. The summed E-state index contributed by atoms with van der Waals surface area (Å²) in [5.41, 5.74) is 1.67. The van der Waals surface area contributed by atoms with Gasteiger partial charge in [0.25, 0.3) is 0 Å². The molecule has 0 amide bonds. The topological polar surface area (TPSA) is 83.8 Å². The van der Waals surface area contributed by atoms with Crippen molar-refractivity contribution in [3.8, 4) is 0 Å². The van der Waals surface area contributed by atoms with E-state index in [-0.39, 0.29) is 70.9 Å². The van der Waals surface area contributed by atoms with Gasteiger partial charge in [-0.1, -0.05) is 60.7 Å². The number of hydrogen-bond acceptors (Lipinski definition) is 5. The van der Waals surface area contributed by atoms with E-state index in [9.17, 15) is 9.59 Å². The molecular formula is C21H27BI5NaO5-. The molecule has 0 aliphatic carbocycles. The number of hydrogen-bond donors (Lipinski definition) is 2. The predicted octanol–water partition coefficient (Wildman–Crippen LogP) is -0.0404. The fourth-order valence-corrected chi connectivity index (χ4v) is 2.40. The van der Waals surface area contributed by atoms with Gasteiger partial charge in [0.15, 0.2) is 0 Å². The number of esters is 1. The Morgan fingerprint density at radius 1 is 0.939 bits per heavy atom. The van der Waals surface area contributed by atoms with Gasteiger partial charge in [0, 0.05) is 51.6 Å². The van der Waals surface area contributed by atoms with Gasteiger partial charge >= 0.3 is 86.0 Å². The zero-order valence-corrected chi connectivity index (χ0v) is 31.4. The van der Waals surface area contributed by atoms with Crippen molar-refractivity contribution in [3.63, 3.8) is 0 Å². The summed E-state index contributed by atoms with van der Waals surface area (Å²) in [5.74, 6) is -1.59. The predicted molar refractivity (Wildman–Crippen MR) is 163 cm³/mol. The van der Waals surface area contributed by atoms with Gasteiger partial charge in [0.05, 0.1) is 19.8 Å². The summed E-state index contributed by atoms with van der Waals surface area (Å²) in [6.45, 7) is 3.41. The van der Waals surface area contributed by atoms with Crippen LogP contribution in [0.3, 0.4) is 0 Å². The molecular weight excluding hydrogens is 1000 g/mol. The molecule has 3 radical (unpaired) electrons. The van der Waals surface area contributed by atoms with Crippen molar-refractivity contribution in [2.24, 2.45) is 0 Å². The molecule has 0 aliphatic heterocycles. The van der Waals surface area contributed by atoms with Crippen LogP contribution in [0.25, 0.3) is 0 Å². The van der Waals surface area contributed by atoms with E-state index in [0.29, 0.717) is 18.8 Å². The van der Waals surface area contributed by atoms with E-state index in [4.69, 9.17) is 14.9 Å². The second kappa shape index (κ2) is 30.4. The Hall–Kier alpha value is 2.21. The van der Waals surface area contributed by atoms with E-state index in [2.05, 4.69) is 74.5 Å². The molecule has 0 saturated carbocycles. The summed E-state index contributed by atoms with van der Waals surface area (Å²) in [6.07, 6.45) is 0. The Morgan fingerprint density at radius 3 is 1.61 bits per heavy atom. The molecule has 12 heteroatoms. The number of carbonyl (C=O) groups excluding carboxylic acids is 2. The SMILES string of the molecule is CCOC(=O)C(C(C)=O)c1ccccc1.II.I[I-]I.OCC(CO)c1ccccc1.[B].[H-].[Na+]. The summed E-state index contributed by atoms with van der Waals surface area (Å²) in [6, 6.07) is 18.4. The van der Waals surface area contributed by atoms with Gasteiger partial charge in [-0.3, -0.25) is 9.59 Å². The monoisotopic (exact) mass is 1030 g/mol. The number of Topliss-reactive ketones (excluding diaryl/α,β-unsaturated/α-hetero) is 1. The molecule has 0 fully saturated rings. The van der Waals surface area contributed by atoms with Gasteiger partial charge < -0.3 is 16.4 Å². The van der Waals surface area contributed by atoms with Crippen LogP contribution >= 0.6 is 74.5 Å². The van der Waals surface area contributed by atoms with Crippen LogP contribution in [0.2, 0.25) is 0 Å². The van der Waals surface area contributed by atoms with Crippen LogP contribution in [0.1, 0.15) is 38.2 Å². The first kappa shape index (κ1) is 42.3. The van der Waals surface area contributed by atoms with Crippen molar-refractivity contribution >= 4 is 94.6 Å². The van der Waals surface area contributed by atoms with Crippen molar-refractivity contribution in [2.75, 3.05) is 19.8 Å². The van der Waals surface area contributed by atoms with Crippen molar-refractivity contribution in [2.45, 2.75) is 25.7 Å². The molecule has 2 aromatic carbocycles. The number of aliphatic hydroxyl groups is 2. The number of ketones is 1. The van der Waals surface area contributed by atoms with Crippen LogP contribution in [-0.2, 0) is 14.3 Å². The molecule has 1 atom stereocenters. The van der Waals surface area contributed by atoms with Crippen molar-refractivity contribution in [1.29, 1.82) is 0 Å². The maximum absolute atomic E-state index is 11.5. The molecule has 33 heavy (non-hydrogen) atoms. The Kier molecular flexibility index (Phi) is 39.0. The van der Waals surface area contributed by atoms with Crippen molar-refractivity contribution in [3.05, 3.63) is 71.8 Å². The summed E-state index contributed by atoms with van der Waals surface area (Å²) in [7, 11) is 0. The summed E-state index contributed by atoms with van der Waals surface area (Å²) < 4.78 is 4.86. The molecule has 2 rings (SSSR count). The smallest absolute Gasteiger partial charge is 1.00 e. The maximum atomic E-state index is 11.5. The molecule has 2 aromatic rings. The van der Waals surface area contributed by atoms with Gasteiger partial charge in [-0.15, -0.1) is 0 Å². The van der Waals surface area contributed by atoms with Crippen molar-refractivity contribution in [1.82, 2.24) is 0 Å². The molecule has 5 nitrogen and oxygen atoms in total. The quantitative estimate of drug-likeness (QED) is 0.177. The van der Waals surface area contributed by atoms with Gasteiger partial charge in [-0.25, -0.2) is 0 Å². The maximum Gasteiger partial charge on any atom is 1.00 e. The summed E-state index contributed by atoms with van der Waals surface area (Å²) in [5, 5.41) is 17.6. The summed E-state index contributed by atoms with van der Waals surface area (Å²) in [4.78, 5) is 22.9. The molecule has 0 aliphatic rings. The van der Waals surface area contributed by atoms with Crippen LogP contribution in [0.15, 0.2) is 60.7 Å². The summed E-state index contributed by atoms with van der Waals surface area (Å²) >= 11 is 9.54. The normalized spacial score (nSPS) is 9.73.